The van der Waals surface area contributed by atoms with Crippen LogP contribution in [0.2, 0.25) is 0 Å². The topological polar surface area (TPSA) is 84.4 Å². The predicted molar refractivity (Wildman–Crippen MR) is 110 cm³/mol. The van der Waals surface area contributed by atoms with E-state index in [1.54, 1.807) is 30.3 Å². The predicted octanol–water partition coefficient (Wildman–Crippen LogP) is 3.60. The first-order valence-electron chi connectivity index (χ1n) is 9.25. The fraction of sp³-hybridized carbons (Fsp3) is 0.182. The minimum absolute atomic E-state index is 0.231. The molecule has 0 bridgehead atoms. The molecule has 7 heteroatoms. The molecule has 7 nitrogen and oxygen atoms in total. The van der Waals surface area contributed by atoms with Crippen LogP contribution in [0.5, 0.6) is 0 Å². The summed E-state index contributed by atoms with van der Waals surface area (Å²) in [6.45, 7) is 2.13. The molecule has 3 aromatic rings. The van der Waals surface area contributed by atoms with Gasteiger partial charge in [-0.3, -0.25) is 4.79 Å². The number of benzene rings is 2. The highest BCUT2D eigenvalue weighted by molar-refractivity contribution is 6.04. The summed E-state index contributed by atoms with van der Waals surface area (Å²) in [4.78, 5) is 35.0. The van der Waals surface area contributed by atoms with E-state index in [0.717, 1.165) is 12.1 Å². The summed E-state index contributed by atoms with van der Waals surface area (Å²) in [7, 11) is 1.31. The molecule has 1 unspecified atom stereocenters. The Labute approximate surface area is 168 Å². The Hall–Kier alpha value is -3.74. The molecule has 0 aliphatic carbocycles. The third kappa shape index (κ3) is 3.67. The summed E-state index contributed by atoms with van der Waals surface area (Å²) < 4.78 is 4.71. The van der Waals surface area contributed by atoms with E-state index in [1.807, 2.05) is 12.1 Å². The van der Waals surface area contributed by atoms with Crippen LogP contribution in [-0.4, -0.2) is 35.0 Å². The highest BCUT2D eigenvalue weighted by Gasteiger charge is 2.28. The van der Waals surface area contributed by atoms with Crippen LogP contribution in [0.15, 0.2) is 60.9 Å². The van der Waals surface area contributed by atoms with Gasteiger partial charge in [0.2, 0.25) is 0 Å². The van der Waals surface area contributed by atoms with E-state index in [0.29, 0.717) is 17.1 Å². The molecule has 0 radical (unpaired) electrons. The lowest BCUT2D eigenvalue weighted by atomic mass is 10.1. The number of methoxy groups -OCH3 is 1. The second-order valence-corrected chi connectivity index (χ2v) is 6.84. The molecule has 2 heterocycles. The quantitative estimate of drug-likeness (QED) is 0.688. The van der Waals surface area contributed by atoms with E-state index in [-0.39, 0.29) is 17.6 Å². The Morgan fingerprint density at radius 1 is 1.10 bits per heavy atom. The van der Waals surface area contributed by atoms with E-state index < -0.39 is 5.97 Å². The molecule has 1 atom stereocenters. The summed E-state index contributed by atoms with van der Waals surface area (Å²) in [5, 5.41) is 2.77. The number of para-hydroxylation sites is 1. The maximum Gasteiger partial charge on any atom is 0.337 e. The molecule has 29 heavy (non-hydrogen) atoms. The number of rotatable bonds is 4. The van der Waals surface area contributed by atoms with E-state index in [9.17, 15) is 9.59 Å². The molecular formula is C22H20N4O3. The fourth-order valence-electron chi connectivity index (χ4n) is 3.55. The van der Waals surface area contributed by atoms with Crippen molar-refractivity contribution in [2.45, 2.75) is 19.4 Å². The number of carbonyl (C=O) groups excluding carboxylic acids is 2. The molecule has 1 aromatic heterocycles. The van der Waals surface area contributed by atoms with Crippen molar-refractivity contribution in [3.05, 3.63) is 77.7 Å². The zero-order valence-corrected chi connectivity index (χ0v) is 16.1. The number of fused-ring (bicyclic) bond motifs is 1. The Kier molecular flexibility index (Phi) is 4.95. The third-order valence-electron chi connectivity index (χ3n) is 4.88. The van der Waals surface area contributed by atoms with Gasteiger partial charge >= 0.3 is 5.97 Å². The number of esters is 1. The average Bonchev–Trinajstić information content (AvgIpc) is 3.09. The summed E-state index contributed by atoms with van der Waals surface area (Å²) in [5.41, 5.74) is 3.43. The Morgan fingerprint density at radius 3 is 2.76 bits per heavy atom. The van der Waals surface area contributed by atoms with Crippen molar-refractivity contribution in [3.8, 4) is 0 Å². The SMILES string of the molecule is COC(=O)c1cccc(NC(=O)c2cc(N3c4ccccc4CC3C)ncn2)c1. The van der Waals surface area contributed by atoms with Crippen LogP contribution in [0, 0.1) is 0 Å². The van der Waals surface area contributed by atoms with Crippen molar-refractivity contribution in [2.24, 2.45) is 0 Å². The van der Waals surface area contributed by atoms with Gasteiger partial charge in [0, 0.05) is 23.5 Å². The number of anilines is 3. The van der Waals surface area contributed by atoms with Crippen LogP contribution in [-0.2, 0) is 11.2 Å². The summed E-state index contributed by atoms with van der Waals surface area (Å²) in [6.07, 6.45) is 2.31. The number of hydrogen-bond acceptors (Lipinski definition) is 6. The van der Waals surface area contributed by atoms with Crippen molar-refractivity contribution in [3.63, 3.8) is 0 Å². The molecule has 0 saturated heterocycles. The second kappa shape index (κ2) is 7.71. The molecule has 1 N–H and O–H groups in total. The maximum absolute atomic E-state index is 12.7. The fourth-order valence-corrected chi connectivity index (χ4v) is 3.55. The van der Waals surface area contributed by atoms with Crippen LogP contribution in [0.4, 0.5) is 17.2 Å². The van der Waals surface area contributed by atoms with Gasteiger partial charge in [-0.05, 0) is 43.2 Å². The van der Waals surface area contributed by atoms with Crippen molar-refractivity contribution in [1.29, 1.82) is 0 Å². The van der Waals surface area contributed by atoms with Crippen molar-refractivity contribution in [2.75, 3.05) is 17.3 Å². The number of hydrogen-bond donors (Lipinski definition) is 1. The molecule has 0 spiro atoms. The standard InChI is InChI=1S/C22H20N4O3/c1-14-10-15-6-3-4-9-19(15)26(14)20-12-18(23-13-24-20)21(27)25-17-8-5-7-16(11-17)22(28)29-2/h3-9,11-14H,10H2,1-2H3,(H,25,27). The lowest BCUT2D eigenvalue weighted by molar-refractivity contribution is 0.0600. The van der Waals surface area contributed by atoms with Crippen LogP contribution in [0.25, 0.3) is 0 Å². The highest BCUT2D eigenvalue weighted by Crippen LogP contribution is 2.37. The van der Waals surface area contributed by atoms with Gasteiger partial charge in [-0.1, -0.05) is 24.3 Å². The normalized spacial score (nSPS) is 15.0. The second-order valence-electron chi connectivity index (χ2n) is 6.84. The molecule has 0 fully saturated rings. The number of nitrogens with zero attached hydrogens (tertiary/aromatic N) is 3. The molecule has 2 aromatic carbocycles. The molecule has 0 saturated carbocycles. The molecule has 1 aliphatic rings. The zero-order valence-electron chi connectivity index (χ0n) is 16.1. The molecule has 4 rings (SSSR count). The highest BCUT2D eigenvalue weighted by atomic mass is 16.5. The van der Waals surface area contributed by atoms with E-state index >= 15 is 0 Å². The number of nitrogens with one attached hydrogen (secondary N) is 1. The lowest BCUT2D eigenvalue weighted by Gasteiger charge is -2.23. The van der Waals surface area contributed by atoms with Gasteiger partial charge in [0.15, 0.2) is 0 Å². The largest absolute Gasteiger partial charge is 0.465 e. The first kappa shape index (κ1) is 18.6. The maximum atomic E-state index is 12.7. The summed E-state index contributed by atoms with van der Waals surface area (Å²) in [6, 6.07) is 16.6. The van der Waals surface area contributed by atoms with Crippen molar-refractivity contribution < 1.29 is 14.3 Å². The summed E-state index contributed by atoms with van der Waals surface area (Å²) in [5.74, 6) is -0.172. The number of aromatic nitrogens is 2. The number of carbonyl (C=O) groups is 2. The van der Waals surface area contributed by atoms with Crippen LogP contribution in [0.1, 0.15) is 33.3 Å². The summed E-state index contributed by atoms with van der Waals surface area (Å²) >= 11 is 0. The monoisotopic (exact) mass is 388 g/mol. The van der Waals surface area contributed by atoms with Gasteiger partial charge in [-0.15, -0.1) is 0 Å². The van der Waals surface area contributed by atoms with Gasteiger partial charge < -0.3 is 15.0 Å². The van der Waals surface area contributed by atoms with E-state index in [4.69, 9.17) is 4.74 Å². The minimum Gasteiger partial charge on any atom is -0.465 e. The molecule has 1 aliphatic heterocycles. The third-order valence-corrected chi connectivity index (χ3v) is 4.88. The Balaban J connectivity index is 1.58. The van der Waals surface area contributed by atoms with Gasteiger partial charge in [-0.25, -0.2) is 14.8 Å². The van der Waals surface area contributed by atoms with Crippen LogP contribution < -0.4 is 10.2 Å². The zero-order chi connectivity index (χ0) is 20.4. The van der Waals surface area contributed by atoms with Crippen molar-refractivity contribution in [1.82, 2.24) is 9.97 Å². The smallest absolute Gasteiger partial charge is 0.337 e. The van der Waals surface area contributed by atoms with Gasteiger partial charge in [0.1, 0.15) is 17.8 Å². The Morgan fingerprint density at radius 2 is 1.93 bits per heavy atom. The number of amides is 1. The van der Waals surface area contributed by atoms with Crippen LogP contribution in [0.3, 0.4) is 0 Å². The number of ether oxygens (including phenoxy) is 1. The first-order chi connectivity index (χ1) is 14.1. The molecule has 146 valence electrons. The van der Waals surface area contributed by atoms with Crippen molar-refractivity contribution >= 4 is 29.1 Å². The van der Waals surface area contributed by atoms with Gasteiger partial charge in [0.25, 0.3) is 5.91 Å². The lowest BCUT2D eigenvalue weighted by Crippen LogP contribution is -2.25. The van der Waals surface area contributed by atoms with E-state index in [1.165, 1.54) is 19.0 Å². The molecular weight excluding hydrogens is 368 g/mol. The van der Waals surface area contributed by atoms with Crippen LogP contribution >= 0.6 is 0 Å². The average molecular weight is 388 g/mol. The minimum atomic E-state index is -0.466. The van der Waals surface area contributed by atoms with E-state index in [2.05, 4.69) is 39.2 Å². The first-order valence-corrected chi connectivity index (χ1v) is 9.25. The molecule has 1 amide bonds. The van der Waals surface area contributed by atoms with Gasteiger partial charge in [-0.2, -0.15) is 0 Å². The van der Waals surface area contributed by atoms with Gasteiger partial charge in [0.05, 0.1) is 12.7 Å². The Bertz CT molecular complexity index is 1080.